The fourth-order valence-corrected chi connectivity index (χ4v) is 2.66. The van der Waals surface area contributed by atoms with Crippen LogP contribution in [-0.2, 0) is 13.0 Å². The van der Waals surface area contributed by atoms with E-state index < -0.39 is 0 Å². The van der Waals surface area contributed by atoms with Crippen LogP contribution in [0.5, 0.6) is 0 Å². The first-order valence-corrected chi connectivity index (χ1v) is 7.34. The molecule has 1 aliphatic rings. The highest BCUT2D eigenvalue weighted by atomic mass is 16.2. The zero-order valence-electron chi connectivity index (χ0n) is 12.2. The third kappa shape index (κ3) is 2.89. The van der Waals surface area contributed by atoms with Crippen LogP contribution in [0, 0.1) is 0 Å². The van der Waals surface area contributed by atoms with Gasteiger partial charge in [-0.25, -0.2) is 4.98 Å². The molecule has 0 atom stereocenters. The van der Waals surface area contributed by atoms with Crippen molar-refractivity contribution in [3.05, 3.63) is 59.4 Å². The fourth-order valence-electron chi connectivity index (χ4n) is 2.66. The van der Waals surface area contributed by atoms with Gasteiger partial charge in [0, 0.05) is 19.6 Å². The lowest BCUT2D eigenvalue weighted by atomic mass is 10.00. The molecule has 1 amide bonds. The second-order valence-electron chi connectivity index (χ2n) is 5.21. The quantitative estimate of drug-likeness (QED) is 0.941. The Morgan fingerprint density at radius 3 is 2.76 bits per heavy atom. The number of fused-ring (bicyclic) bond motifs is 1. The molecule has 21 heavy (non-hydrogen) atoms. The Kier molecular flexibility index (Phi) is 3.86. The average molecular weight is 281 g/mol. The van der Waals surface area contributed by atoms with Crippen molar-refractivity contribution in [2.45, 2.75) is 19.9 Å². The maximum atomic E-state index is 12.5. The van der Waals surface area contributed by atoms with Gasteiger partial charge in [0.1, 0.15) is 5.69 Å². The van der Waals surface area contributed by atoms with E-state index in [1.54, 1.807) is 12.3 Å². The number of hydrogen-bond acceptors (Lipinski definition) is 3. The number of aromatic nitrogens is 1. The molecule has 1 aliphatic heterocycles. The number of benzene rings is 1. The molecule has 2 heterocycles. The van der Waals surface area contributed by atoms with E-state index in [2.05, 4.69) is 28.5 Å². The smallest absolute Gasteiger partial charge is 0.272 e. The molecular formula is C17H19N3O. The predicted molar refractivity (Wildman–Crippen MR) is 83.3 cm³/mol. The van der Waals surface area contributed by atoms with Crippen LogP contribution in [0.15, 0.2) is 42.6 Å². The molecular weight excluding hydrogens is 262 g/mol. The number of hydrogen-bond donors (Lipinski definition) is 1. The molecule has 0 saturated heterocycles. The average Bonchev–Trinajstić information content (AvgIpc) is 2.55. The third-order valence-corrected chi connectivity index (χ3v) is 3.78. The highest BCUT2D eigenvalue weighted by molar-refractivity contribution is 5.92. The van der Waals surface area contributed by atoms with Gasteiger partial charge in [0.15, 0.2) is 0 Å². The van der Waals surface area contributed by atoms with Crippen molar-refractivity contribution >= 4 is 11.6 Å². The fraction of sp³-hybridized carbons (Fsp3) is 0.294. The SMILES string of the molecule is CCNc1ccc(C(=O)N2CCc3ccccc3C2)nc1. The molecule has 0 fully saturated rings. The number of carbonyl (C=O) groups is 1. The Bertz CT molecular complexity index is 637. The summed E-state index contributed by atoms with van der Waals surface area (Å²) < 4.78 is 0. The summed E-state index contributed by atoms with van der Waals surface area (Å²) in [5.74, 6) is 0.00699. The molecule has 4 nitrogen and oxygen atoms in total. The first kappa shape index (κ1) is 13.6. The Balaban J connectivity index is 1.74. The van der Waals surface area contributed by atoms with Gasteiger partial charge in [-0.1, -0.05) is 24.3 Å². The number of rotatable bonds is 3. The summed E-state index contributed by atoms with van der Waals surface area (Å²) in [6.45, 7) is 4.31. The number of nitrogens with zero attached hydrogens (tertiary/aromatic N) is 2. The van der Waals surface area contributed by atoms with Crippen LogP contribution in [0.1, 0.15) is 28.5 Å². The van der Waals surface area contributed by atoms with Crippen molar-refractivity contribution in [2.24, 2.45) is 0 Å². The molecule has 1 aromatic carbocycles. The molecule has 1 aromatic heterocycles. The van der Waals surface area contributed by atoms with E-state index >= 15 is 0 Å². The number of carbonyl (C=O) groups excluding carboxylic acids is 1. The molecule has 0 radical (unpaired) electrons. The highest BCUT2D eigenvalue weighted by Gasteiger charge is 2.22. The molecule has 0 aliphatic carbocycles. The highest BCUT2D eigenvalue weighted by Crippen LogP contribution is 2.20. The summed E-state index contributed by atoms with van der Waals surface area (Å²) in [5, 5.41) is 3.18. The Labute approximate surface area is 124 Å². The van der Waals surface area contributed by atoms with E-state index in [9.17, 15) is 4.79 Å². The topological polar surface area (TPSA) is 45.2 Å². The number of pyridine rings is 1. The van der Waals surface area contributed by atoms with Gasteiger partial charge in [0.25, 0.3) is 5.91 Å². The molecule has 0 bridgehead atoms. The van der Waals surface area contributed by atoms with E-state index in [4.69, 9.17) is 0 Å². The van der Waals surface area contributed by atoms with Crippen LogP contribution in [0.2, 0.25) is 0 Å². The predicted octanol–water partition coefficient (Wildman–Crippen LogP) is 2.71. The Morgan fingerprint density at radius 1 is 1.24 bits per heavy atom. The Hall–Kier alpha value is -2.36. The maximum absolute atomic E-state index is 12.5. The van der Waals surface area contributed by atoms with Crippen LogP contribution in [0.3, 0.4) is 0 Å². The second kappa shape index (κ2) is 5.95. The summed E-state index contributed by atoms with van der Waals surface area (Å²) in [7, 11) is 0. The summed E-state index contributed by atoms with van der Waals surface area (Å²) in [5.41, 5.74) is 4.03. The van der Waals surface area contributed by atoms with Gasteiger partial charge < -0.3 is 10.2 Å². The minimum atomic E-state index is 0.00699. The van der Waals surface area contributed by atoms with Crippen molar-refractivity contribution in [3.63, 3.8) is 0 Å². The van der Waals surface area contributed by atoms with Gasteiger partial charge in [-0.2, -0.15) is 0 Å². The first-order valence-electron chi connectivity index (χ1n) is 7.34. The largest absolute Gasteiger partial charge is 0.384 e. The van der Waals surface area contributed by atoms with Crippen molar-refractivity contribution in [1.82, 2.24) is 9.88 Å². The standard InChI is InChI=1S/C17H19N3O/c1-2-18-15-7-8-16(19-11-15)17(21)20-10-9-13-5-3-4-6-14(13)12-20/h3-8,11,18H,2,9-10,12H2,1H3. The van der Waals surface area contributed by atoms with Gasteiger partial charge in [-0.15, -0.1) is 0 Å². The zero-order chi connectivity index (χ0) is 14.7. The molecule has 0 spiro atoms. The molecule has 0 saturated carbocycles. The van der Waals surface area contributed by atoms with Gasteiger partial charge in [-0.3, -0.25) is 4.79 Å². The minimum Gasteiger partial charge on any atom is -0.384 e. The molecule has 2 aromatic rings. The van der Waals surface area contributed by atoms with Crippen LogP contribution in [-0.4, -0.2) is 28.9 Å². The van der Waals surface area contributed by atoms with Crippen LogP contribution in [0.25, 0.3) is 0 Å². The number of anilines is 1. The molecule has 4 heteroatoms. The van der Waals surface area contributed by atoms with Gasteiger partial charge in [-0.05, 0) is 36.6 Å². The lowest BCUT2D eigenvalue weighted by Crippen LogP contribution is -2.36. The van der Waals surface area contributed by atoms with Crippen molar-refractivity contribution in [2.75, 3.05) is 18.4 Å². The lowest BCUT2D eigenvalue weighted by Gasteiger charge is -2.28. The first-order chi connectivity index (χ1) is 10.3. The molecule has 3 rings (SSSR count). The molecule has 1 N–H and O–H groups in total. The zero-order valence-corrected chi connectivity index (χ0v) is 12.2. The summed E-state index contributed by atoms with van der Waals surface area (Å²) in [6.07, 6.45) is 2.63. The summed E-state index contributed by atoms with van der Waals surface area (Å²) in [6, 6.07) is 12.0. The second-order valence-corrected chi connectivity index (χ2v) is 5.21. The van der Waals surface area contributed by atoms with Gasteiger partial charge in [0.2, 0.25) is 0 Å². The van der Waals surface area contributed by atoms with Crippen molar-refractivity contribution in [1.29, 1.82) is 0 Å². The normalized spacial score (nSPS) is 13.7. The van der Waals surface area contributed by atoms with Gasteiger partial charge >= 0.3 is 0 Å². The van der Waals surface area contributed by atoms with Crippen LogP contribution in [0.4, 0.5) is 5.69 Å². The summed E-state index contributed by atoms with van der Waals surface area (Å²) >= 11 is 0. The lowest BCUT2D eigenvalue weighted by molar-refractivity contribution is 0.0729. The number of amides is 1. The van der Waals surface area contributed by atoms with E-state index in [0.29, 0.717) is 12.2 Å². The van der Waals surface area contributed by atoms with Gasteiger partial charge in [0.05, 0.1) is 11.9 Å². The van der Waals surface area contributed by atoms with Crippen molar-refractivity contribution < 1.29 is 4.79 Å². The monoisotopic (exact) mass is 281 g/mol. The van der Waals surface area contributed by atoms with E-state index in [1.165, 1.54) is 11.1 Å². The van der Waals surface area contributed by atoms with E-state index in [0.717, 1.165) is 25.2 Å². The van der Waals surface area contributed by atoms with E-state index in [-0.39, 0.29) is 5.91 Å². The maximum Gasteiger partial charge on any atom is 0.272 e. The van der Waals surface area contributed by atoms with Crippen LogP contribution >= 0.6 is 0 Å². The third-order valence-electron chi connectivity index (χ3n) is 3.78. The van der Waals surface area contributed by atoms with E-state index in [1.807, 2.05) is 24.0 Å². The van der Waals surface area contributed by atoms with Crippen LogP contribution < -0.4 is 5.32 Å². The molecule has 0 unspecified atom stereocenters. The summed E-state index contributed by atoms with van der Waals surface area (Å²) in [4.78, 5) is 18.7. The number of nitrogens with one attached hydrogen (secondary N) is 1. The Morgan fingerprint density at radius 2 is 2.05 bits per heavy atom. The molecule has 108 valence electrons. The van der Waals surface area contributed by atoms with Crippen molar-refractivity contribution in [3.8, 4) is 0 Å². The minimum absolute atomic E-state index is 0.00699.